The van der Waals surface area contributed by atoms with Gasteiger partial charge in [-0.2, -0.15) is 0 Å². The second-order valence-electron chi connectivity index (χ2n) is 5.78. The molecule has 1 unspecified atom stereocenters. The molecule has 120 valence electrons. The molecule has 2 rings (SSSR count). The Bertz CT molecular complexity index is 513. The van der Waals surface area contributed by atoms with Gasteiger partial charge in [-0.25, -0.2) is 0 Å². The Labute approximate surface area is 131 Å². The van der Waals surface area contributed by atoms with Crippen LogP contribution in [0.25, 0.3) is 0 Å². The van der Waals surface area contributed by atoms with Gasteiger partial charge in [0.2, 0.25) is 11.8 Å². The summed E-state index contributed by atoms with van der Waals surface area (Å²) in [4.78, 5) is 24.9. The lowest BCUT2D eigenvalue weighted by molar-refractivity contribution is -0.130. The van der Waals surface area contributed by atoms with Crippen LogP contribution >= 0.6 is 0 Å². The van der Waals surface area contributed by atoms with Crippen LogP contribution in [-0.4, -0.2) is 36.9 Å². The van der Waals surface area contributed by atoms with Crippen molar-refractivity contribution < 1.29 is 14.3 Å². The summed E-state index contributed by atoms with van der Waals surface area (Å²) in [6, 6.07) is 8.01. The largest absolute Gasteiger partial charge is 0.497 e. The molecule has 0 aromatic heterocycles. The summed E-state index contributed by atoms with van der Waals surface area (Å²) >= 11 is 0. The topological polar surface area (TPSA) is 72.6 Å². The third-order valence-electron chi connectivity index (χ3n) is 4.21. The van der Waals surface area contributed by atoms with Gasteiger partial charge in [-0.15, -0.1) is 0 Å². The number of carbonyl (C=O) groups excluding carboxylic acids is 2. The fourth-order valence-corrected chi connectivity index (χ4v) is 2.77. The molecule has 0 aliphatic carbocycles. The number of hydrogen-bond acceptors (Lipinski definition) is 3. The maximum absolute atomic E-state index is 12.1. The SMILES string of the molecule is COc1ccc(CCCCC(=O)N2CCC(C(N)=O)C2)cc1. The highest BCUT2D eigenvalue weighted by atomic mass is 16.5. The zero-order valence-corrected chi connectivity index (χ0v) is 13.1. The summed E-state index contributed by atoms with van der Waals surface area (Å²) in [5, 5.41) is 0. The van der Waals surface area contributed by atoms with Crippen LogP contribution in [-0.2, 0) is 16.0 Å². The number of ether oxygens (including phenoxy) is 1. The summed E-state index contributed by atoms with van der Waals surface area (Å²) in [5.74, 6) is 0.536. The zero-order chi connectivity index (χ0) is 15.9. The van der Waals surface area contributed by atoms with Gasteiger partial charge in [0.1, 0.15) is 5.75 Å². The minimum absolute atomic E-state index is 0.137. The quantitative estimate of drug-likeness (QED) is 0.780. The van der Waals surface area contributed by atoms with E-state index in [1.165, 1.54) is 5.56 Å². The van der Waals surface area contributed by atoms with Crippen molar-refractivity contribution in [3.05, 3.63) is 29.8 Å². The molecule has 2 N–H and O–H groups in total. The molecule has 22 heavy (non-hydrogen) atoms. The molecule has 1 aromatic rings. The summed E-state index contributed by atoms with van der Waals surface area (Å²) in [6.07, 6.45) is 4.05. The molecule has 0 bridgehead atoms. The lowest BCUT2D eigenvalue weighted by Gasteiger charge is -2.15. The molecular weight excluding hydrogens is 280 g/mol. The molecule has 1 heterocycles. The molecule has 1 atom stereocenters. The Morgan fingerprint density at radius 2 is 2.00 bits per heavy atom. The molecule has 2 amide bonds. The van der Waals surface area contributed by atoms with E-state index in [-0.39, 0.29) is 17.7 Å². The fourth-order valence-electron chi connectivity index (χ4n) is 2.77. The molecule has 1 aliphatic rings. The van der Waals surface area contributed by atoms with Crippen LogP contribution in [0.15, 0.2) is 24.3 Å². The first kappa shape index (κ1) is 16.3. The van der Waals surface area contributed by atoms with E-state index in [2.05, 4.69) is 12.1 Å². The number of aryl methyl sites for hydroxylation is 1. The van der Waals surface area contributed by atoms with Crippen LogP contribution in [0.4, 0.5) is 0 Å². The average molecular weight is 304 g/mol. The molecule has 1 fully saturated rings. The van der Waals surface area contributed by atoms with E-state index in [4.69, 9.17) is 10.5 Å². The number of methoxy groups -OCH3 is 1. The molecule has 1 aromatic carbocycles. The van der Waals surface area contributed by atoms with Gasteiger partial charge in [-0.1, -0.05) is 12.1 Å². The van der Waals surface area contributed by atoms with Gasteiger partial charge in [0, 0.05) is 19.5 Å². The van der Waals surface area contributed by atoms with Gasteiger partial charge in [0.05, 0.1) is 13.0 Å². The number of amides is 2. The fraction of sp³-hybridized carbons (Fsp3) is 0.529. The monoisotopic (exact) mass is 304 g/mol. The average Bonchev–Trinajstić information content (AvgIpc) is 3.02. The van der Waals surface area contributed by atoms with Crippen molar-refractivity contribution >= 4 is 11.8 Å². The Balaban J connectivity index is 1.66. The highest BCUT2D eigenvalue weighted by Crippen LogP contribution is 2.18. The Kier molecular flexibility index (Phi) is 5.81. The number of rotatable bonds is 7. The van der Waals surface area contributed by atoms with E-state index in [9.17, 15) is 9.59 Å². The van der Waals surface area contributed by atoms with Crippen LogP contribution in [0.1, 0.15) is 31.2 Å². The number of nitrogens with zero attached hydrogens (tertiary/aromatic N) is 1. The summed E-state index contributed by atoms with van der Waals surface area (Å²) in [6.45, 7) is 1.15. The van der Waals surface area contributed by atoms with Crippen molar-refractivity contribution in [2.75, 3.05) is 20.2 Å². The molecule has 1 aliphatic heterocycles. The first-order chi connectivity index (χ1) is 10.6. The first-order valence-electron chi connectivity index (χ1n) is 7.80. The third-order valence-corrected chi connectivity index (χ3v) is 4.21. The van der Waals surface area contributed by atoms with Gasteiger partial charge in [-0.3, -0.25) is 9.59 Å². The predicted molar refractivity (Wildman–Crippen MR) is 84.4 cm³/mol. The lowest BCUT2D eigenvalue weighted by Crippen LogP contribution is -2.31. The number of benzene rings is 1. The smallest absolute Gasteiger partial charge is 0.222 e. The van der Waals surface area contributed by atoms with E-state index in [0.29, 0.717) is 25.9 Å². The molecular formula is C17H24N2O3. The second-order valence-corrected chi connectivity index (χ2v) is 5.78. The molecule has 1 saturated heterocycles. The summed E-state index contributed by atoms with van der Waals surface area (Å²) in [7, 11) is 1.65. The normalized spacial score (nSPS) is 17.5. The van der Waals surface area contributed by atoms with E-state index >= 15 is 0 Å². The molecule has 5 heteroatoms. The van der Waals surface area contributed by atoms with Crippen molar-refractivity contribution in [3.8, 4) is 5.75 Å². The number of hydrogen-bond donors (Lipinski definition) is 1. The second kappa shape index (κ2) is 7.82. The summed E-state index contributed by atoms with van der Waals surface area (Å²) < 4.78 is 5.13. The van der Waals surface area contributed by atoms with Crippen molar-refractivity contribution in [3.63, 3.8) is 0 Å². The van der Waals surface area contributed by atoms with Gasteiger partial charge >= 0.3 is 0 Å². The van der Waals surface area contributed by atoms with Crippen LogP contribution in [0, 0.1) is 5.92 Å². The highest BCUT2D eigenvalue weighted by Gasteiger charge is 2.28. The number of unbranched alkanes of at least 4 members (excludes halogenated alkanes) is 1. The minimum atomic E-state index is -0.296. The Morgan fingerprint density at radius 3 is 2.59 bits per heavy atom. The van der Waals surface area contributed by atoms with Gasteiger partial charge in [-0.05, 0) is 43.4 Å². The third kappa shape index (κ3) is 4.48. The maximum atomic E-state index is 12.1. The van der Waals surface area contributed by atoms with E-state index in [1.807, 2.05) is 12.1 Å². The Hall–Kier alpha value is -2.04. The number of primary amides is 1. The van der Waals surface area contributed by atoms with Crippen LogP contribution in [0.3, 0.4) is 0 Å². The first-order valence-corrected chi connectivity index (χ1v) is 7.80. The van der Waals surface area contributed by atoms with Crippen molar-refractivity contribution in [1.82, 2.24) is 4.90 Å². The molecule has 0 spiro atoms. The van der Waals surface area contributed by atoms with E-state index in [0.717, 1.165) is 25.0 Å². The van der Waals surface area contributed by atoms with Crippen LogP contribution in [0.5, 0.6) is 5.75 Å². The van der Waals surface area contributed by atoms with Crippen molar-refractivity contribution in [1.29, 1.82) is 0 Å². The minimum Gasteiger partial charge on any atom is -0.497 e. The van der Waals surface area contributed by atoms with Crippen LogP contribution in [0.2, 0.25) is 0 Å². The number of carbonyl (C=O) groups is 2. The summed E-state index contributed by atoms with van der Waals surface area (Å²) in [5.41, 5.74) is 6.53. The van der Waals surface area contributed by atoms with Gasteiger partial charge < -0.3 is 15.4 Å². The maximum Gasteiger partial charge on any atom is 0.222 e. The molecule has 0 radical (unpaired) electrons. The standard InChI is InChI=1S/C17H24N2O3/c1-22-15-8-6-13(7-9-15)4-2-3-5-16(20)19-11-10-14(12-19)17(18)21/h6-9,14H,2-5,10-12H2,1H3,(H2,18,21). The van der Waals surface area contributed by atoms with Crippen molar-refractivity contribution in [2.45, 2.75) is 32.1 Å². The number of likely N-dealkylation sites (tertiary alicyclic amines) is 1. The highest BCUT2D eigenvalue weighted by molar-refractivity contribution is 5.81. The lowest BCUT2D eigenvalue weighted by atomic mass is 10.1. The van der Waals surface area contributed by atoms with Gasteiger partial charge in [0.15, 0.2) is 0 Å². The molecule has 0 saturated carbocycles. The van der Waals surface area contributed by atoms with E-state index in [1.54, 1.807) is 12.0 Å². The zero-order valence-electron chi connectivity index (χ0n) is 13.1. The van der Waals surface area contributed by atoms with Gasteiger partial charge in [0.25, 0.3) is 0 Å². The number of nitrogens with two attached hydrogens (primary N) is 1. The van der Waals surface area contributed by atoms with Crippen molar-refractivity contribution in [2.24, 2.45) is 11.7 Å². The molecule has 5 nitrogen and oxygen atoms in total. The predicted octanol–water partition coefficient (Wildman–Crippen LogP) is 1.74. The van der Waals surface area contributed by atoms with Crippen LogP contribution < -0.4 is 10.5 Å². The Morgan fingerprint density at radius 1 is 1.27 bits per heavy atom. The van der Waals surface area contributed by atoms with E-state index < -0.39 is 0 Å².